The first-order chi connectivity index (χ1) is 9.06. The Bertz CT molecular complexity index is 551. The minimum Gasteiger partial charge on any atom is -0.399 e. The molecular formula is C15H20N4. The number of aromatic nitrogens is 2. The third kappa shape index (κ3) is 3.44. The summed E-state index contributed by atoms with van der Waals surface area (Å²) < 4.78 is 0. The third-order valence-corrected chi connectivity index (χ3v) is 3.01. The van der Waals surface area contributed by atoms with Crippen LogP contribution in [0.25, 0.3) is 0 Å². The molecule has 0 saturated heterocycles. The molecule has 0 aliphatic carbocycles. The number of aryl methyl sites for hydroxylation is 1. The Morgan fingerprint density at radius 3 is 2.63 bits per heavy atom. The number of hydrogen-bond donors (Lipinski definition) is 1. The van der Waals surface area contributed by atoms with E-state index in [2.05, 4.69) is 34.8 Å². The van der Waals surface area contributed by atoms with Crippen molar-refractivity contribution in [3.8, 4) is 0 Å². The SMILES string of the molecule is Cc1cc(N(Cc2cccc(N)c2)C(C)C)ncn1. The number of benzene rings is 1. The highest BCUT2D eigenvalue weighted by molar-refractivity contribution is 5.45. The van der Waals surface area contributed by atoms with Crippen LogP contribution in [0, 0.1) is 6.92 Å². The van der Waals surface area contributed by atoms with Crippen LogP contribution in [0.3, 0.4) is 0 Å². The van der Waals surface area contributed by atoms with Crippen LogP contribution in [0.1, 0.15) is 25.1 Å². The Morgan fingerprint density at radius 2 is 2.00 bits per heavy atom. The van der Waals surface area contributed by atoms with Gasteiger partial charge in [0.05, 0.1) is 0 Å². The van der Waals surface area contributed by atoms with Gasteiger partial charge in [0.1, 0.15) is 12.1 Å². The molecule has 0 atom stereocenters. The summed E-state index contributed by atoms with van der Waals surface area (Å²) in [5, 5.41) is 0. The van der Waals surface area contributed by atoms with Gasteiger partial charge in [-0.15, -0.1) is 0 Å². The van der Waals surface area contributed by atoms with Crippen molar-refractivity contribution in [2.24, 2.45) is 0 Å². The Hall–Kier alpha value is -2.10. The van der Waals surface area contributed by atoms with E-state index in [4.69, 9.17) is 5.73 Å². The molecule has 0 amide bonds. The average molecular weight is 256 g/mol. The molecule has 2 N–H and O–H groups in total. The monoisotopic (exact) mass is 256 g/mol. The van der Waals surface area contributed by atoms with Gasteiger partial charge in [0.2, 0.25) is 0 Å². The van der Waals surface area contributed by atoms with E-state index < -0.39 is 0 Å². The van der Waals surface area contributed by atoms with Crippen molar-refractivity contribution in [1.82, 2.24) is 9.97 Å². The normalized spacial score (nSPS) is 10.7. The Balaban J connectivity index is 2.26. The minimum absolute atomic E-state index is 0.357. The van der Waals surface area contributed by atoms with Gasteiger partial charge in [-0.3, -0.25) is 0 Å². The van der Waals surface area contributed by atoms with Crippen LogP contribution in [-0.4, -0.2) is 16.0 Å². The number of hydrogen-bond acceptors (Lipinski definition) is 4. The summed E-state index contributed by atoms with van der Waals surface area (Å²) in [4.78, 5) is 10.7. The second-order valence-electron chi connectivity index (χ2n) is 4.98. The molecule has 1 aromatic carbocycles. The van der Waals surface area contributed by atoms with Crippen LogP contribution in [0.2, 0.25) is 0 Å². The molecule has 0 spiro atoms. The maximum atomic E-state index is 5.83. The Kier molecular flexibility index (Phi) is 4.00. The maximum absolute atomic E-state index is 5.83. The second-order valence-corrected chi connectivity index (χ2v) is 4.98. The largest absolute Gasteiger partial charge is 0.399 e. The molecule has 0 unspecified atom stereocenters. The van der Waals surface area contributed by atoms with Crippen molar-refractivity contribution in [1.29, 1.82) is 0 Å². The number of nitrogens with two attached hydrogens (primary N) is 1. The number of nitrogens with zero attached hydrogens (tertiary/aromatic N) is 3. The van der Waals surface area contributed by atoms with Gasteiger partial charge < -0.3 is 10.6 Å². The van der Waals surface area contributed by atoms with Gasteiger partial charge in [0.25, 0.3) is 0 Å². The van der Waals surface area contributed by atoms with E-state index in [1.54, 1.807) is 6.33 Å². The van der Waals surface area contributed by atoms with E-state index in [1.807, 2.05) is 31.2 Å². The first kappa shape index (κ1) is 13.3. The molecule has 0 saturated carbocycles. The summed E-state index contributed by atoms with van der Waals surface area (Å²) in [7, 11) is 0. The van der Waals surface area contributed by atoms with E-state index >= 15 is 0 Å². The van der Waals surface area contributed by atoms with Crippen molar-refractivity contribution in [2.75, 3.05) is 10.6 Å². The average Bonchev–Trinajstić information content (AvgIpc) is 2.35. The third-order valence-electron chi connectivity index (χ3n) is 3.01. The summed E-state index contributed by atoms with van der Waals surface area (Å²) in [6.45, 7) is 7.08. The molecule has 2 rings (SSSR count). The number of nitrogen functional groups attached to an aromatic ring is 1. The quantitative estimate of drug-likeness (QED) is 0.855. The first-order valence-corrected chi connectivity index (χ1v) is 6.46. The van der Waals surface area contributed by atoms with Crippen LogP contribution in [-0.2, 0) is 6.54 Å². The van der Waals surface area contributed by atoms with Gasteiger partial charge >= 0.3 is 0 Å². The summed E-state index contributed by atoms with van der Waals surface area (Å²) in [6, 6.07) is 10.3. The van der Waals surface area contributed by atoms with Gasteiger partial charge in [0, 0.05) is 30.0 Å². The molecule has 0 aliphatic heterocycles. The first-order valence-electron chi connectivity index (χ1n) is 6.46. The van der Waals surface area contributed by atoms with E-state index in [9.17, 15) is 0 Å². The van der Waals surface area contributed by atoms with Gasteiger partial charge in [-0.05, 0) is 38.5 Å². The zero-order valence-corrected chi connectivity index (χ0v) is 11.7. The van der Waals surface area contributed by atoms with Crippen LogP contribution >= 0.6 is 0 Å². The summed E-state index contributed by atoms with van der Waals surface area (Å²) in [5.41, 5.74) is 8.78. The highest BCUT2D eigenvalue weighted by Gasteiger charge is 2.13. The lowest BCUT2D eigenvalue weighted by atomic mass is 10.1. The van der Waals surface area contributed by atoms with Crippen LogP contribution in [0.5, 0.6) is 0 Å². The van der Waals surface area contributed by atoms with Crippen LogP contribution < -0.4 is 10.6 Å². The lowest BCUT2D eigenvalue weighted by molar-refractivity contribution is 0.670. The Morgan fingerprint density at radius 1 is 1.21 bits per heavy atom. The molecule has 0 aliphatic rings. The van der Waals surface area contributed by atoms with Crippen molar-refractivity contribution in [2.45, 2.75) is 33.4 Å². The zero-order valence-electron chi connectivity index (χ0n) is 11.7. The van der Waals surface area contributed by atoms with Crippen LogP contribution in [0.4, 0.5) is 11.5 Å². The highest BCUT2D eigenvalue weighted by Crippen LogP contribution is 2.18. The molecule has 4 heteroatoms. The van der Waals surface area contributed by atoms with Crippen molar-refractivity contribution in [3.05, 3.63) is 47.9 Å². The van der Waals surface area contributed by atoms with E-state index in [0.29, 0.717) is 6.04 Å². The zero-order chi connectivity index (χ0) is 13.8. The van der Waals surface area contributed by atoms with E-state index in [0.717, 1.165) is 23.7 Å². The van der Waals surface area contributed by atoms with E-state index in [1.165, 1.54) is 5.56 Å². The molecule has 1 aromatic heterocycles. The fourth-order valence-electron chi connectivity index (χ4n) is 2.01. The predicted molar refractivity (Wildman–Crippen MR) is 78.9 cm³/mol. The molecule has 19 heavy (non-hydrogen) atoms. The van der Waals surface area contributed by atoms with Crippen molar-refractivity contribution in [3.63, 3.8) is 0 Å². The van der Waals surface area contributed by atoms with Crippen molar-refractivity contribution < 1.29 is 0 Å². The predicted octanol–water partition coefficient (Wildman–Crippen LogP) is 2.78. The molecule has 2 aromatic rings. The lowest BCUT2D eigenvalue weighted by Gasteiger charge is -2.28. The fraction of sp³-hybridized carbons (Fsp3) is 0.333. The molecule has 0 fully saturated rings. The number of anilines is 2. The molecule has 100 valence electrons. The van der Waals surface area contributed by atoms with Gasteiger partial charge in [0.15, 0.2) is 0 Å². The molecule has 1 heterocycles. The second kappa shape index (κ2) is 5.69. The van der Waals surface area contributed by atoms with E-state index in [-0.39, 0.29) is 0 Å². The fourth-order valence-corrected chi connectivity index (χ4v) is 2.01. The topological polar surface area (TPSA) is 55.0 Å². The van der Waals surface area contributed by atoms with Crippen LogP contribution in [0.15, 0.2) is 36.7 Å². The smallest absolute Gasteiger partial charge is 0.132 e. The molecule has 0 radical (unpaired) electrons. The lowest BCUT2D eigenvalue weighted by Crippen LogP contribution is -2.31. The summed E-state index contributed by atoms with van der Waals surface area (Å²) in [5.74, 6) is 0.949. The standard InChI is InChI=1S/C15H20N4/c1-11(2)19(15-7-12(3)17-10-18-15)9-13-5-4-6-14(16)8-13/h4-8,10-11H,9,16H2,1-3H3. The van der Waals surface area contributed by atoms with Gasteiger partial charge in [-0.1, -0.05) is 12.1 Å². The summed E-state index contributed by atoms with van der Waals surface area (Å²) >= 11 is 0. The maximum Gasteiger partial charge on any atom is 0.132 e. The van der Waals surface area contributed by atoms with Gasteiger partial charge in [-0.2, -0.15) is 0 Å². The number of rotatable bonds is 4. The highest BCUT2D eigenvalue weighted by atomic mass is 15.2. The summed E-state index contributed by atoms with van der Waals surface area (Å²) in [6.07, 6.45) is 1.61. The van der Waals surface area contributed by atoms with Gasteiger partial charge in [-0.25, -0.2) is 9.97 Å². The molecule has 0 bridgehead atoms. The molecule has 4 nitrogen and oxygen atoms in total. The Labute approximate surface area is 114 Å². The molecular weight excluding hydrogens is 236 g/mol. The van der Waals surface area contributed by atoms with Crippen molar-refractivity contribution >= 4 is 11.5 Å². The minimum atomic E-state index is 0.357.